The Bertz CT molecular complexity index is 1310. The van der Waals surface area contributed by atoms with Gasteiger partial charge in [-0.3, -0.25) is 4.79 Å². The van der Waals surface area contributed by atoms with E-state index in [1.165, 1.54) is 6.08 Å². The minimum absolute atomic E-state index is 0.0159. The molecular formula is C27H23IN2O5. The first-order chi connectivity index (χ1) is 17.0. The summed E-state index contributed by atoms with van der Waals surface area (Å²) in [5.74, 6) is 2.05. The Morgan fingerprint density at radius 2 is 1.89 bits per heavy atom. The summed E-state index contributed by atoms with van der Waals surface area (Å²) in [7, 11) is 0. The van der Waals surface area contributed by atoms with E-state index in [0.717, 1.165) is 14.7 Å². The average molecular weight is 582 g/mol. The molecule has 3 aromatic rings. The van der Waals surface area contributed by atoms with Crippen LogP contribution in [0.2, 0.25) is 0 Å². The second-order valence-electron chi connectivity index (χ2n) is 7.73. The van der Waals surface area contributed by atoms with Crippen LogP contribution in [0.5, 0.6) is 23.0 Å². The monoisotopic (exact) mass is 582 g/mol. The smallest absolute Gasteiger partial charge is 0.266 e. The van der Waals surface area contributed by atoms with Crippen molar-refractivity contribution in [3.8, 4) is 29.1 Å². The summed E-state index contributed by atoms with van der Waals surface area (Å²) in [5.41, 5.74) is 3.27. The standard InChI is InChI=1S/C27H23IN2O5/c1-3-32-25-13-19(10-20(14-29)27(31)30-21-7-4-17(2)5-8-21)11-22(28)26(25)33-15-18-6-9-23-24(12-18)35-16-34-23/h4-13H,3,15-16H2,1-2H3,(H,30,31)/b20-10-. The van der Waals surface area contributed by atoms with Crippen LogP contribution in [-0.4, -0.2) is 19.3 Å². The number of amides is 1. The number of aryl methyl sites for hydroxylation is 1. The van der Waals surface area contributed by atoms with Gasteiger partial charge in [0.1, 0.15) is 18.2 Å². The van der Waals surface area contributed by atoms with Crippen LogP contribution < -0.4 is 24.3 Å². The van der Waals surface area contributed by atoms with Crippen molar-refractivity contribution in [3.05, 3.63) is 80.4 Å². The molecule has 1 aliphatic rings. The second kappa shape index (κ2) is 11.1. The summed E-state index contributed by atoms with van der Waals surface area (Å²) in [6, 6.07) is 18.6. The van der Waals surface area contributed by atoms with E-state index >= 15 is 0 Å². The zero-order chi connectivity index (χ0) is 24.8. The van der Waals surface area contributed by atoms with Crippen LogP contribution >= 0.6 is 22.6 Å². The van der Waals surface area contributed by atoms with Crippen LogP contribution in [0.4, 0.5) is 5.69 Å². The number of fused-ring (bicyclic) bond motifs is 1. The summed E-state index contributed by atoms with van der Waals surface area (Å²) in [4.78, 5) is 12.7. The fourth-order valence-corrected chi connectivity index (χ4v) is 4.19. The summed E-state index contributed by atoms with van der Waals surface area (Å²) >= 11 is 2.16. The van der Waals surface area contributed by atoms with E-state index in [1.54, 1.807) is 18.2 Å². The Kier molecular flexibility index (Phi) is 7.77. The fourth-order valence-electron chi connectivity index (χ4n) is 3.41. The van der Waals surface area contributed by atoms with E-state index < -0.39 is 5.91 Å². The molecule has 1 N–H and O–H groups in total. The fraction of sp³-hybridized carbons (Fsp3) is 0.185. The second-order valence-corrected chi connectivity index (χ2v) is 8.89. The summed E-state index contributed by atoms with van der Waals surface area (Å²) in [6.45, 7) is 4.81. The molecule has 0 fully saturated rings. The van der Waals surface area contributed by atoms with E-state index in [0.29, 0.717) is 47.5 Å². The summed E-state index contributed by atoms with van der Waals surface area (Å²) in [6.07, 6.45) is 1.54. The molecule has 35 heavy (non-hydrogen) atoms. The maximum atomic E-state index is 12.7. The van der Waals surface area contributed by atoms with Crippen LogP contribution in [0.3, 0.4) is 0 Å². The molecule has 3 aromatic carbocycles. The highest BCUT2D eigenvalue weighted by molar-refractivity contribution is 14.1. The highest BCUT2D eigenvalue weighted by Gasteiger charge is 2.17. The number of nitrogens with one attached hydrogen (secondary N) is 1. The lowest BCUT2D eigenvalue weighted by molar-refractivity contribution is -0.112. The van der Waals surface area contributed by atoms with Crippen molar-refractivity contribution in [2.45, 2.75) is 20.5 Å². The number of carbonyl (C=O) groups is 1. The van der Waals surface area contributed by atoms with Crippen LogP contribution in [0, 0.1) is 21.8 Å². The molecule has 178 valence electrons. The number of ether oxygens (including phenoxy) is 4. The Hall–Kier alpha value is -3.71. The van der Waals surface area contributed by atoms with Gasteiger partial charge in [0.15, 0.2) is 23.0 Å². The van der Waals surface area contributed by atoms with Gasteiger partial charge < -0.3 is 24.3 Å². The third kappa shape index (κ3) is 6.05. The van der Waals surface area contributed by atoms with Crippen LogP contribution in [0.25, 0.3) is 6.08 Å². The van der Waals surface area contributed by atoms with Crippen molar-refractivity contribution in [3.63, 3.8) is 0 Å². The molecule has 0 spiro atoms. The third-order valence-corrected chi connectivity index (χ3v) is 5.94. The van der Waals surface area contributed by atoms with E-state index in [9.17, 15) is 10.1 Å². The van der Waals surface area contributed by atoms with Crippen LogP contribution in [0.15, 0.2) is 60.2 Å². The molecule has 0 aromatic heterocycles. The first-order valence-electron chi connectivity index (χ1n) is 10.9. The minimum Gasteiger partial charge on any atom is -0.490 e. The number of nitrogens with zero attached hydrogens (tertiary/aromatic N) is 1. The van der Waals surface area contributed by atoms with Gasteiger partial charge in [-0.25, -0.2) is 0 Å². The lowest BCUT2D eigenvalue weighted by Crippen LogP contribution is -2.13. The first-order valence-corrected chi connectivity index (χ1v) is 12.0. The predicted octanol–water partition coefficient (Wildman–Crippen LogP) is 5.85. The van der Waals surface area contributed by atoms with Crippen molar-refractivity contribution in [2.24, 2.45) is 0 Å². The van der Waals surface area contributed by atoms with Crippen molar-refractivity contribution in [2.75, 3.05) is 18.7 Å². The van der Waals surface area contributed by atoms with Gasteiger partial charge in [0, 0.05) is 5.69 Å². The third-order valence-electron chi connectivity index (χ3n) is 5.14. The molecule has 1 aliphatic heterocycles. The van der Waals surface area contributed by atoms with Gasteiger partial charge in [-0.2, -0.15) is 5.26 Å². The molecule has 0 radical (unpaired) electrons. The number of benzene rings is 3. The lowest BCUT2D eigenvalue weighted by atomic mass is 10.1. The van der Waals surface area contributed by atoms with Crippen molar-refractivity contribution in [1.29, 1.82) is 5.26 Å². The van der Waals surface area contributed by atoms with Gasteiger partial charge >= 0.3 is 0 Å². The molecule has 4 rings (SSSR count). The predicted molar refractivity (Wildman–Crippen MR) is 141 cm³/mol. The number of rotatable bonds is 8. The quantitative estimate of drug-likeness (QED) is 0.204. The zero-order valence-electron chi connectivity index (χ0n) is 19.3. The Labute approximate surface area is 217 Å². The molecule has 0 atom stereocenters. The average Bonchev–Trinajstić information content (AvgIpc) is 3.31. The lowest BCUT2D eigenvalue weighted by Gasteiger charge is -2.15. The molecule has 1 amide bonds. The van der Waals surface area contributed by atoms with Crippen molar-refractivity contribution < 1.29 is 23.7 Å². The molecular weight excluding hydrogens is 559 g/mol. The van der Waals surface area contributed by atoms with E-state index in [-0.39, 0.29) is 12.4 Å². The van der Waals surface area contributed by atoms with Gasteiger partial charge in [-0.15, -0.1) is 0 Å². The SMILES string of the molecule is CCOc1cc(/C=C(/C#N)C(=O)Nc2ccc(C)cc2)cc(I)c1OCc1ccc2c(c1)OCO2. The molecule has 0 saturated carbocycles. The van der Waals surface area contributed by atoms with Gasteiger partial charge in [0.05, 0.1) is 10.2 Å². The summed E-state index contributed by atoms with van der Waals surface area (Å²) < 4.78 is 23.5. The first kappa shape index (κ1) is 24.4. The molecule has 0 bridgehead atoms. The van der Waals surface area contributed by atoms with Gasteiger partial charge in [0.25, 0.3) is 5.91 Å². The maximum Gasteiger partial charge on any atom is 0.266 e. The van der Waals surface area contributed by atoms with Crippen molar-refractivity contribution >= 4 is 40.3 Å². The van der Waals surface area contributed by atoms with Crippen LogP contribution in [-0.2, 0) is 11.4 Å². The largest absolute Gasteiger partial charge is 0.490 e. The van der Waals surface area contributed by atoms with Crippen molar-refractivity contribution in [1.82, 2.24) is 0 Å². The Morgan fingerprint density at radius 1 is 1.11 bits per heavy atom. The Balaban J connectivity index is 1.54. The number of halogens is 1. The van der Waals surface area contributed by atoms with Crippen LogP contribution in [0.1, 0.15) is 23.6 Å². The normalized spacial score (nSPS) is 12.1. The topological polar surface area (TPSA) is 89.8 Å². The Morgan fingerprint density at radius 3 is 2.63 bits per heavy atom. The maximum absolute atomic E-state index is 12.7. The minimum atomic E-state index is -0.479. The molecule has 8 heteroatoms. The molecule has 1 heterocycles. The highest BCUT2D eigenvalue weighted by atomic mass is 127. The number of hydrogen-bond donors (Lipinski definition) is 1. The molecule has 0 unspecified atom stereocenters. The van der Waals surface area contributed by atoms with E-state index in [1.807, 2.05) is 56.3 Å². The molecule has 0 aliphatic carbocycles. The number of carbonyl (C=O) groups excluding carboxylic acids is 1. The van der Waals surface area contributed by atoms with Gasteiger partial charge in [0.2, 0.25) is 6.79 Å². The van der Waals surface area contributed by atoms with Gasteiger partial charge in [-0.05, 0) is 90.0 Å². The number of hydrogen-bond acceptors (Lipinski definition) is 6. The van der Waals surface area contributed by atoms with E-state index in [4.69, 9.17) is 18.9 Å². The highest BCUT2D eigenvalue weighted by Crippen LogP contribution is 2.37. The van der Waals surface area contributed by atoms with E-state index in [2.05, 4.69) is 27.9 Å². The van der Waals surface area contributed by atoms with Gasteiger partial charge in [-0.1, -0.05) is 23.8 Å². The number of nitriles is 1. The summed E-state index contributed by atoms with van der Waals surface area (Å²) in [5, 5.41) is 12.4. The number of anilines is 1. The molecule has 0 saturated heterocycles. The zero-order valence-corrected chi connectivity index (χ0v) is 21.4. The molecule has 7 nitrogen and oxygen atoms in total.